The van der Waals surface area contributed by atoms with Crippen LogP contribution in [0, 0.1) is 13.8 Å². The number of hydrogen-bond donors (Lipinski definition) is 3. The quantitative estimate of drug-likeness (QED) is 0.792. The number of rotatable bonds is 4. The van der Waals surface area contributed by atoms with Gasteiger partial charge in [-0.1, -0.05) is 0 Å². The highest BCUT2D eigenvalue weighted by atomic mass is 35.5. The number of aromatic carboxylic acids is 2. The number of carbonyl (C=O) groups is 2. The largest absolute Gasteiger partial charge is 0.478 e. The van der Waals surface area contributed by atoms with Gasteiger partial charge in [-0.05, 0) is 38.1 Å². The maximum absolute atomic E-state index is 11.0. The number of anilines is 2. The normalized spacial score (nSPS) is 9.73. The van der Waals surface area contributed by atoms with Crippen molar-refractivity contribution in [2.24, 2.45) is 0 Å². The van der Waals surface area contributed by atoms with E-state index in [2.05, 4.69) is 15.3 Å². The Morgan fingerprint density at radius 3 is 1.77 bits per heavy atom. The molecule has 3 N–H and O–H groups in total. The summed E-state index contributed by atoms with van der Waals surface area (Å²) in [5.41, 5.74) is 1.55. The van der Waals surface area contributed by atoms with E-state index in [1.165, 1.54) is 12.1 Å². The lowest BCUT2D eigenvalue weighted by molar-refractivity contribution is 0.0696. The zero-order chi connectivity index (χ0) is 15.6. The summed E-state index contributed by atoms with van der Waals surface area (Å²) < 4.78 is 0. The summed E-state index contributed by atoms with van der Waals surface area (Å²) in [6.45, 7) is 3.60. The summed E-state index contributed by atoms with van der Waals surface area (Å²) in [6, 6.07) is 5.55. The number of carboxylic acids is 2. The number of nitrogens with one attached hydrogen (secondary N) is 1. The molecule has 0 atom stereocenters. The highest BCUT2D eigenvalue weighted by Crippen LogP contribution is 2.19. The third kappa shape index (κ3) is 4.16. The maximum atomic E-state index is 11.0. The van der Waals surface area contributed by atoms with Crippen LogP contribution in [0.4, 0.5) is 11.6 Å². The van der Waals surface area contributed by atoms with Gasteiger partial charge in [-0.15, -0.1) is 12.4 Å². The topological polar surface area (TPSA) is 112 Å². The number of nitrogens with zero attached hydrogens (tertiary/aromatic N) is 2. The van der Waals surface area contributed by atoms with Crippen LogP contribution in [-0.2, 0) is 0 Å². The second-order valence-corrected chi connectivity index (χ2v) is 4.51. The van der Waals surface area contributed by atoms with Crippen molar-refractivity contribution in [2.45, 2.75) is 13.8 Å². The molecule has 1 aromatic carbocycles. The molecule has 2 rings (SSSR count). The van der Waals surface area contributed by atoms with Gasteiger partial charge < -0.3 is 15.5 Å². The monoisotopic (exact) mass is 323 g/mol. The van der Waals surface area contributed by atoms with Gasteiger partial charge >= 0.3 is 11.9 Å². The zero-order valence-electron chi connectivity index (χ0n) is 11.8. The van der Waals surface area contributed by atoms with E-state index in [0.29, 0.717) is 5.69 Å². The van der Waals surface area contributed by atoms with E-state index in [1.807, 2.05) is 0 Å². The lowest BCUT2D eigenvalue weighted by Crippen LogP contribution is -2.06. The maximum Gasteiger partial charge on any atom is 0.335 e. The standard InChI is InChI=1S/C14H13N3O4.ClH/c1-7-3-8(2)16-14(15-7)17-11-5-9(12(18)19)4-10(6-11)13(20)21;/h3-6H,1-2H3,(H,18,19)(H,20,21)(H,15,16,17);1H. The van der Waals surface area contributed by atoms with Gasteiger partial charge in [0, 0.05) is 17.1 Å². The SMILES string of the molecule is Cc1cc(C)nc(Nc2cc(C(=O)O)cc(C(=O)O)c2)n1.Cl. The van der Waals surface area contributed by atoms with Crippen LogP contribution in [0.15, 0.2) is 24.3 Å². The molecule has 0 saturated heterocycles. The molecule has 0 saturated carbocycles. The molecule has 0 unspecified atom stereocenters. The van der Waals surface area contributed by atoms with Crippen molar-refractivity contribution in [1.82, 2.24) is 9.97 Å². The van der Waals surface area contributed by atoms with Crippen molar-refractivity contribution < 1.29 is 19.8 Å². The predicted molar refractivity (Wildman–Crippen MR) is 82.4 cm³/mol. The predicted octanol–water partition coefficient (Wildman–Crippen LogP) is 2.66. The van der Waals surface area contributed by atoms with Crippen LogP contribution in [0.3, 0.4) is 0 Å². The van der Waals surface area contributed by atoms with Gasteiger partial charge in [0.05, 0.1) is 11.1 Å². The Kier molecular flexibility index (Phi) is 5.42. The number of aromatic nitrogens is 2. The molecule has 2 aromatic rings. The second kappa shape index (κ2) is 6.86. The summed E-state index contributed by atoms with van der Waals surface area (Å²) in [7, 11) is 0. The summed E-state index contributed by atoms with van der Waals surface area (Å²) in [6.07, 6.45) is 0. The number of aryl methyl sites for hydroxylation is 2. The van der Waals surface area contributed by atoms with E-state index in [0.717, 1.165) is 17.5 Å². The van der Waals surface area contributed by atoms with Gasteiger partial charge in [-0.25, -0.2) is 19.6 Å². The van der Waals surface area contributed by atoms with E-state index >= 15 is 0 Å². The fraction of sp³-hybridized carbons (Fsp3) is 0.143. The molecule has 8 heteroatoms. The molecule has 0 amide bonds. The summed E-state index contributed by atoms with van der Waals surface area (Å²) >= 11 is 0. The first kappa shape index (κ1) is 17.4. The number of hydrogen-bond acceptors (Lipinski definition) is 5. The minimum atomic E-state index is -1.21. The van der Waals surface area contributed by atoms with E-state index in [4.69, 9.17) is 10.2 Å². The van der Waals surface area contributed by atoms with Crippen molar-refractivity contribution >= 4 is 36.0 Å². The van der Waals surface area contributed by atoms with Crippen molar-refractivity contribution in [3.63, 3.8) is 0 Å². The molecule has 1 heterocycles. The lowest BCUT2D eigenvalue weighted by atomic mass is 10.1. The summed E-state index contributed by atoms with van der Waals surface area (Å²) in [5, 5.41) is 20.9. The summed E-state index contributed by atoms with van der Waals surface area (Å²) in [4.78, 5) is 30.4. The van der Waals surface area contributed by atoms with Gasteiger partial charge in [0.1, 0.15) is 0 Å². The molecule has 116 valence electrons. The molecule has 0 aliphatic rings. The molecular weight excluding hydrogens is 310 g/mol. The molecule has 7 nitrogen and oxygen atoms in total. The van der Waals surface area contributed by atoms with Gasteiger partial charge in [0.15, 0.2) is 0 Å². The van der Waals surface area contributed by atoms with Crippen LogP contribution in [0.2, 0.25) is 0 Å². The molecule has 0 aliphatic carbocycles. The third-order valence-electron chi connectivity index (χ3n) is 2.67. The van der Waals surface area contributed by atoms with Crippen molar-refractivity contribution in [1.29, 1.82) is 0 Å². The Balaban J connectivity index is 0.00000242. The number of carboxylic acid groups (broad SMARTS) is 2. The number of halogens is 1. The average molecular weight is 324 g/mol. The highest BCUT2D eigenvalue weighted by molar-refractivity contribution is 5.95. The molecule has 0 spiro atoms. The van der Waals surface area contributed by atoms with Crippen LogP contribution in [0.1, 0.15) is 32.1 Å². The van der Waals surface area contributed by atoms with Gasteiger partial charge in [-0.2, -0.15) is 0 Å². The van der Waals surface area contributed by atoms with Gasteiger partial charge in [0.2, 0.25) is 5.95 Å². The van der Waals surface area contributed by atoms with Crippen LogP contribution >= 0.6 is 12.4 Å². The van der Waals surface area contributed by atoms with Crippen LogP contribution < -0.4 is 5.32 Å². The Morgan fingerprint density at radius 2 is 1.36 bits per heavy atom. The number of benzene rings is 1. The smallest absolute Gasteiger partial charge is 0.335 e. The Morgan fingerprint density at radius 1 is 0.909 bits per heavy atom. The molecule has 22 heavy (non-hydrogen) atoms. The average Bonchev–Trinajstić information content (AvgIpc) is 2.36. The molecule has 0 fully saturated rings. The highest BCUT2D eigenvalue weighted by Gasteiger charge is 2.12. The molecule has 0 bridgehead atoms. The van der Waals surface area contributed by atoms with E-state index in [9.17, 15) is 9.59 Å². The van der Waals surface area contributed by atoms with Crippen molar-refractivity contribution in [2.75, 3.05) is 5.32 Å². The summed E-state index contributed by atoms with van der Waals surface area (Å²) in [5.74, 6) is -2.13. The van der Waals surface area contributed by atoms with Gasteiger partial charge in [-0.3, -0.25) is 0 Å². The first-order valence-electron chi connectivity index (χ1n) is 6.06. The van der Waals surface area contributed by atoms with Crippen molar-refractivity contribution in [3.8, 4) is 0 Å². The third-order valence-corrected chi connectivity index (χ3v) is 2.67. The molecule has 1 aromatic heterocycles. The minimum Gasteiger partial charge on any atom is -0.478 e. The van der Waals surface area contributed by atoms with Crippen molar-refractivity contribution in [3.05, 3.63) is 46.8 Å². The van der Waals surface area contributed by atoms with E-state index in [-0.39, 0.29) is 29.5 Å². The first-order chi connectivity index (χ1) is 9.85. The van der Waals surface area contributed by atoms with Crippen LogP contribution in [0.25, 0.3) is 0 Å². The molecular formula is C14H14ClN3O4. The Labute approximate surface area is 132 Å². The Bertz CT molecular complexity index is 682. The first-order valence-corrected chi connectivity index (χ1v) is 6.06. The van der Waals surface area contributed by atoms with E-state index < -0.39 is 11.9 Å². The second-order valence-electron chi connectivity index (χ2n) is 4.51. The minimum absolute atomic E-state index is 0. The molecule has 0 radical (unpaired) electrons. The van der Waals surface area contributed by atoms with Crippen LogP contribution in [0.5, 0.6) is 0 Å². The van der Waals surface area contributed by atoms with E-state index in [1.54, 1.807) is 19.9 Å². The fourth-order valence-electron chi connectivity index (χ4n) is 1.86. The molecule has 0 aliphatic heterocycles. The fourth-order valence-corrected chi connectivity index (χ4v) is 1.86. The lowest BCUT2D eigenvalue weighted by Gasteiger charge is -2.08. The zero-order valence-corrected chi connectivity index (χ0v) is 12.6. The van der Waals surface area contributed by atoms with Gasteiger partial charge in [0.25, 0.3) is 0 Å². The van der Waals surface area contributed by atoms with Crippen LogP contribution in [-0.4, -0.2) is 32.1 Å². The Hall–Kier alpha value is -2.67.